The van der Waals surface area contributed by atoms with Crippen molar-refractivity contribution in [2.75, 3.05) is 12.4 Å². The summed E-state index contributed by atoms with van der Waals surface area (Å²) in [6.45, 7) is 0. The largest absolute Gasteiger partial charge is 0.497 e. The summed E-state index contributed by atoms with van der Waals surface area (Å²) in [5, 5.41) is 6.11. The number of ether oxygens (including phenoxy) is 1. The molecule has 4 bridgehead atoms. The fourth-order valence-corrected chi connectivity index (χ4v) is 7.38. The van der Waals surface area contributed by atoms with Crippen LogP contribution in [0.1, 0.15) is 54.6 Å². The Kier molecular flexibility index (Phi) is 4.25. The normalized spacial score (nSPS) is 28.7. The Morgan fingerprint density at radius 1 is 1.16 bits per heavy atom. The molecule has 7 rings (SSSR count). The van der Waals surface area contributed by atoms with Gasteiger partial charge in [0.2, 0.25) is 0 Å². The van der Waals surface area contributed by atoms with E-state index in [2.05, 4.69) is 10.7 Å². The molecule has 1 N–H and O–H groups in total. The van der Waals surface area contributed by atoms with Gasteiger partial charge in [0.15, 0.2) is 5.13 Å². The first-order chi connectivity index (χ1) is 15.0. The Morgan fingerprint density at radius 3 is 2.55 bits per heavy atom. The van der Waals surface area contributed by atoms with Crippen LogP contribution in [0.4, 0.5) is 5.13 Å². The number of fused-ring (bicyclic) bond motifs is 1. The van der Waals surface area contributed by atoms with Crippen molar-refractivity contribution in [2.45, 2.75) is 43.9 Å². The first kappa shape index (κ1) is 19.0. The lowest BCUT2D eigenvalue weighted by atomic mass is 9.49. The van der Waals surface area contributed by atoms with Crippen LogP contribution in [0, 0.1) is 17.8 Å². The molecule has 2 aromatic heterocycles. The van der Waals surface area contributed by atoms with E-state index in [4.69, 9.17) is 14.1 Å². The topological polar surface area (TPSA) is 81.4 Å². The number of hydrogen-bond acceptors (Lipinski definition) is 6. The van der Waals surface area contributed by atoms with Crippen molar-refractivity contribution in [2.24, 2.45) is 17.8 Å². The smallest absolute Gasteiger partial charge is 0.349 e. The predicted octanol–water partition coefficient (Wildman–Crippen LogP) is 4.98. The molecule has 0 atom stereocenters. The number of carbonyl (C=O) groups excluding carboxylic acids is 1. The minimum absolute atomic E-state index is 0.0349. The van der Waals surface area contributed by atoms with Crippen molar-refractivity contribution in [1.82, 2.24) is 4.98 Å². The second-order valence-electron chi connectivity index (χ2n) is 9.54. The molecule has 0 spiro atoms. The number of hydrogen-bond donors (Lipinski definition) is 1. The van der Waals surface area contributed by atoms with Crippen LogP contribution >= 0.6 is 11.3 Å². The summed E-state index contributed by atoms with van der Waals surface area (Å²) >= 11 is 1.44. The number of methoxy groups -OCH3 is 1. The Morgan fingerprint density at radius 2 is 1.87 bits per heavy atom. The van der Waals surface area contributed by atoms with Crippen molar-refractivity contribution in [1.29, 1.82) is 0 Å². The number of anilines is 1. The van der Waals surface area contributed by atoms with Gasteiger partial charge in [0.25, 0.3) is 5.91 Å². The maximum absolute atomic E-state index is 12.9. The first-order valence-corrected chi connectivity index (χ1v) is 11.8. The van der Waals surface area contributed by atoms with E-state index in [0.717, 1.165) is 23.4 Å². The molecular formula is C24H24N2O4S. The van der Waals surface area contributed by atoms with Crippen LogP contribution in [0.25, 0.3) is 11.0 Å². The molecule has 4 aliphatic rings. The van der Waals surface area contributed by atoms with Gasteiger partial charge in [0, 0.05) is 16.2 Å². The maximum atomic E-state index is 12.9. The molecule has 7 heteroatoms. The fourth-order valence-electron chi connectivity index (χ4n) is 6.55. The zero-order chi connectivity index (χ0) is 21.2. The van der Waals surface area contributed by atoms with Gasteiger partial charge in [-0.1, -0.05) is 0 Å². The molecule has 0 saturated heterocycles. The lowest BCUT2D eigenvalue weighted by Gasteiger charge is -2.56. The SMILES string of the molecule is COc1ccc2oc(=O)c(C(=O)Nc3nc(C45CC6CC(CC(C6)C4)C5)cs3)cc2c1. The molecule has 4 saturated carbocycles. The number of thiazole rings is 1. The van der Waals surface area contributed by atoms with Crippen molar-refractivity contribution in [3.8, 4) is 5.75 Å². The van der Waals surface area contributed by atoms with Gasteiger partial charge in [-0.25, -0.2) is 9.78 Å². The van der Waals surface area contributed by atoms with Crippen LogP contribution in [-0.4, -0.2) is 18.0 Å². The third-order valence-electron chi connectivity index (χ3n) is 7.49. The van der Waals surface area contributed by atoms with Crippen LogP contribution < -0.4 is 15.7 Å². The highest BCUT2D eigenvalue weighted by molar-refractivity contribution is 7.14. The second kappa shape index (κ2) is 6.92. The summed E-state index contributed by atoms with van der Waals surface area (Å²) in [4.78, 5) is 30.1. The van der Waals surface area contributed by atoms with Gasteiger partial charge in [-0.2, -0.15) is 0 Å². The molecule has 160 valence electrons. The van der Waals surface area contributed by atoms with Gasteiger partial charge in [-0.05, 0) is 80.5 Å². The lowest BCUT2D eigenvalue weighted by Crippen LogP contribution is -2.48. The molecule has 31 heavy (non-hydrogen) atoms. The summed E-state index contributed by atoms with van der Waals surface area (Å²) in [5.41, 5.74) is 1.04. The second-order valence-corrected chi connectivity index (χ2v) is 10.4. The van der Waals surface area contributed by atoms with E-state index in [-0.39, 0.29) is 11.0 Å². The van der Waals surface area contributed by atoms with Crippen molar-refractivity contribution in [3.63, 3.8) is 0 Å². The average Bonchev–Trinajstić information content (AvgIpc) is 3.21. The van der Waals surface area contributed by atoms with Gasteiger partial charge in [-0.3, -0.25) is 10.1 Å². The minimum atomic E-state index is -0.659. The maximum Gasteiger partial charge on any atom is 0.349 e. The van der Waals surface area contributed by atoms with Crippen LogP contribution in [0.2, 0.25) is 0 Å². The van der Waals surface area contributed by atoms with Crippen LogP contribution in [0.3, 0.4) is 0 Å². The third-order valence-corrected chi connectivity index (χ3v) is 8.25. The highest BCUT2D eigenvalue weighted by Gasteiger charge is 2.52. The van der Waals surface area contributed by atoms with Gasteiger partial charge in [0.05, 0.1) is 12.8 Å². The van der Waals surface area contributed by atoms with Crippen LogP contribution in [0.5, 0.6) is 5.75 Å². The molecular weight excluding hydrogens is 412 g/mol. The number of benzene rings is 1. The summed E-state index contributed by atoms with van der Waals surface area (Å²) in [7, 11) is 1.57. The monoisotopic (exact) mass is 436 g/mol. The fraction of sp³-hybridized carbons (Fsp3) is 0.458. The Labute approximate surface area is 183 Å². The molecule has 6 nitrogen and oxygen atoms in total. The number of nitrogens with zero attached hydrogens (tertiary/aromatic N) is 1. The highest BCUT2D eigenvalue weighted by atomic mass is 32.1. The first-order valence-electron chi connectivity index (χ1n) is 10.9. The number of amides is 1. The summed E-state index contributed by atoms with van der Waals surface area (Å²) < 4.78 is 10.6. The Hall–Kier alpha value is -2.67. The minimum Gasteiger partial charge on any atom is -0.497 e. The van der Waals surface area contributed by atoms with Gasteiger partial charge >= 0.3 is 5.63 Å². The van der Waals surface area contributed by atoms with E-state index in [1.807, 2.05) is 0 Å². The molecule has 4 aliphatic carbocycles. The van der Waals surface area contributed by atoms with Gasteiger partial charge in [0.1, 0.15) is 16.9 Å². The number of nitrogens with one attached hydrogen (secondary N) is 1. The van der Waals surface area contributed by atoms with Gasteiger partial charge < -0.3 is 9.15 Å². The standard InChI is InChI=1S/C24H24N2O4S/c1-29-17-2-3-19-16(7-17)8-18(22(28)30-19)21(27)26-23-25-20(12-31-23)24-9-13-4-14(10-24)6-15(5-13)11-24/h2-3,7-8,12-15H,4-6,9-11H2,1H3,(H,25,26,27). The molecule has 1 aromatic carbocycles. The average molecular weight is 437 g/mol. The van der Waals surface area contributed by atoms with Crippen molar-refractivity contribution < 1.29 is 13.9 Å². The summed E-state index contributed by atoms with van der Waals surface area (Å²) in [6.07, 6.45) is 7.84. The molecule has 4 fully saturated rings. The predicted molar refractivity (Wildman–Crippen MR) is 119 cm³/mol. The van der Waals surface area contributed by atoms with E-state index < -0.39 is 11.5 Å². The van der Waals surface area contributed by atoms with Crippen molar-refractivity contribution in [3.05, 3.63) is 51.3 Å². The van der Waals surface area contributed by atoms with Gasteiger partial charge in [-0.15, -0.1) is 11.3 Å². The zero-order valence-electron chi connectivity index (χ0n) is 17.3. The molecule has 0 radical (unpaired) electrons. The molecule has 0 aliphatic heterocycles. The molecule has 3 aromatic rings. The van der Waals surface area contributed by atoms with E-state index >= 15 is 0 Å². The van der Waals surface area contributed by atoms with E-state index in [1.54, 1.807) is 31.4 Å². The van der Waals surface area contributed by atoms with Crippen LogP contribution in [-0.2, 0) is 5.41 Å². The third kappa shape index (κ3) is 3.17. The number of rotatable bonds is 4. The Bertz CT molecular complexity index is 1210. The van der Waals surface area contributed by atoms with E-state index in [0.29, 0.717) is 21.9 Å². The highest BCUT2D eigenvalue weighted by Crippen LogP contribution is 2.60. The lowest BCUT2D eigenvalue weighted by molar-refractivity contribution is -0.00688. The quantitative estimate of drug-likeness (QED) is 0.584. The van der Waals surface area contributed by atoms with Crippen LogP contribution in [0.15, 0.2) is 38.9 Å². The molecule has 0 unspecified atom stereocenters. The summed E-state index contributed by atoms with van der Waals surface area (Å²) in [6, 6.07) is 6.67. The van der Waals surface area contributed by atoms with E-state index in [9.17, 15) is 9.59 Å². The Balaban J connectivity index is 1.26. The molecule has 1 amide bonds. The van der Waals surface area contributed by atoms with Crippen molar-refractivity contribution >= 4 is 33.3 Å². The molecule has 2 heterocycles. The number of aromatic nitrogens is 1. The zero-order valence-corrected chi connectivity index (χ0v) is 18.2. The van der Waals surface area contributed by atoms with E-state index in [1.165, 1.54) is 49.9 Å². The number of carbonyl (C=O) groups is 1. The summed E-state index contributed by atoms with van der Waals surface area (Å²) in [5.74, 6) is 2.65.